The van der Waals surface area contributed by atoms with Crippen molar-refractivity contribution in [2.75, 3.05) is 13.7 Å². The number of rotatable bonds is 7. The Labute approximate surface area is 139 Å². The molecule has 0 amide bonds. The third-order valence-electron chi connectivity index (χ3n) is 2.90. The lowest BCUT2D eigenvalue weighted by atomic mass is 10.1. The first-order valence-corrected chi connectivity index (χ1v) is 7.80. The summed E-state index contributed by atoms with van der Waals surface area (Å²) in [6.07, 6.45) is 1.30. The van der Waals surface area contributed by atoms with Gasteiger partial charge in [0.15, 0.2) is 6.61 Å². The van der Waals surface area contributed by atoms with Gasteiger partial charge in [-0.2, -0.15) is 0 Å². The van der Waals surface area contributed by atoms with E-state index in [1.807, 2.05) is 30.3 Å². The highest BCUT2D eigenvalue weighted by Gasteiger charge is 2.13. The summed E-state index contributed by atoms with van der Waals surface area (Å²) in [7, 11) is 1.49. The van der Waals surface area contributed by atoms with Crippen molar-refractivity contribution in [2.24, 2.45) is 0 Å². The summed E-state index contributed by atoms with van der Waals surface area (Å²) in [6.45, 7) is -0.320. The molecule has 0 fully saturated rings. The van der Waals surface area contributed by atoms with Crippen LogP contribution in [0.4, 0.5) is 0 Å². The number of thioether (sulfide) groups is 1. The van der Waals surface area contributed by atoms with Gasteiger partial charge in [-0.3, -0.25) is 4.79 Å². The van der Waals surface area contributed by atoms with Gasteiger partial charge in [-0.15, -0.1) is 0 Å². The van der Waals surface area contributed by atoms with Gasteiger partial charge in [0.1, 0.15) is 5.75 Å². The Morgan fingerprint density at radius 1 is 1.04 bits per heavy atom. The maximum absolute atomic E-state index is 12.0. The molecule has 0 saturated carbocycles. The summed E-state index contributed by atoms with van der Waals surface area (Å²) in [5.74, 6) is -0.402. The molecule has 2 aromatic carbocycles. The van der Waals surface area contributed by atoms with Crippen LogP contribution in [-0.4, -0.2) is 25.5 Å². The molecule has 0 N–H and O–H groups in total. The van der Waals surface area contributed by atoms with E-state index in [4.69, 9.17) is 9.47 Å². The van der Waals surface area contributed by atoms with Crippen LogP contribution >= 0.6 is 11.8 Å². The van der Waals surface area contributed by atoms with E-state index < -0.39 is 5.97 Å². The second-order valence-electron chi connectivity index (χ2n) is 4.46. The maximum atomic E-state index is 12.0. The van der Waals surface area contributed by atoms with Crippen molar-refractivity contribution >= 4 is 23.5 Å². The molecule has 0 saturated heterocycles. The molecule has 118 valence electrons. The highest BCUT2D eigenvalue weighted by atomic mass is 32.2. The normalized spacial score (nSPS) is 10.5. The van der Waals surface area contributed by atoms with E-state index in [1.165, 1.54) is 24.9 Å². The number of esters is 1. The maximum Gasteiger partial charge on any atom is 0.331 e. The first-order valence-electron chi connectivity index (χ1n) is 6.92. The molecule has 0 aliphatic heterocycles. The SMILES string of the molecule is COc1ccccc1C(=O)COC(=O)/C=C/Sc1ccccc1. The minimum Gasteiger partial charge on any atom is -0.496 e. The Balaban J connectivity index is 1.83. The summed E-state index contributed by atoms with van der Waals surface area (Å²) < 4.78 is 10.1. The van der Waals surface area contributed by atoms with Crippen LogP contribution in [0.15, 0.2) is 71.0 Å². The van der Waals surface area contributed by atoms with Crippen LogP contribution in [0.5, 0.6) is 5.75 Å². The van der Waals surface area contributed by atoms with Crippen molar-refractivity contribution in [1.29, 1.82) is 0 Å². The van der Waals surface area contributed by atoms with Crippen LogP contribution in [-0.2, 0) is 9.53 Å². The lowest BCUT2D eigenvalue weighted by molar-refractivity contribution is -0.136. The Hall–Kier alpha value is -2.53. The summed E-state index contributed by atoms with van der Waals surface area (Å²) in [5.41, 5.74) is 0.394. The van der Waals surface area contributed by atoms with Crippen LogP contribution in [0.1, 0.15) is 10.4 Å². The number of para-hydroxylation sites is 1. The average molecular weight is 328 g/mol. The predicted molar refractivity (Wildman–Crippen MR) is 89.7 cm³/mol. The van der Waals surface area contributed by atoms with Gasteiger partial charge in [-0.25, -0.2) is 4.79 Å². The third kappa shape index (κ3) is 5.30. The lowest BCUT2D eigenvalue weighted by Gasteiger charge is -2.06. The molecule has 0 aliphatic carbocycles. The Morgan fingerprint density at radius 2 is 1.74 bits per heavy atom. The quantitative estimate of drug-likeness (QED) is 0.335. The molecule has 23 heavy (non-hydrogen) atoms. The summed E-state index contributed by atoms with van der Waals surface area (Å²) >= 11 is 1.40. The van der Waals surface area contributed by atoms with Gasteiger partial charge in [0.2, 0.25) is 5.78 Å². The summed E-state index contributed by atoms with van der Waals surface area (Å²) in [4.78, 5) is 24.7. The standard InChI is InChI=1S/C18H16O4S/c1-21-17-10-6-5-9-15(17)16(19)13-22-18(20)11-12-23-14-7-3-2-4-8-14/h2-12H,13H2,1H3/b12-11+. The van der Waals surface area contributed by atoms with Crippen molar-refractivity contribution in [3.8, 4) is 5.75 Å². The van der Waals surface area contributed by atoms with E-state index in [2.05, 4.69) is 0 Å². The van der Waals surface area contributed by atoms with Crippen molar-refractivity contribution in [2.45, 2.75) is 4.90 Å². The molecule has 0 bridgehead atoms. The monoisotopic (exact) mass is 328 g/mol. The number of hydrogen-bond acceptors (Lipinski definition) is 5. The molecule has 2 rings (SSSR count). The van der Waals surface area contributed by atoms with Gasteiger partial charge >= 0.3 is 5.97 Å². The summed E-state index contributed by atoms with van der Waals surface area (Å²) in [6, 6.07) is 16.4. The highest BCUT2D eigenvalue weighted by molar-refractivity contribution is 8.02. The lowest BCUT2D eigenvalue weighted by Crippen LogP contribution is -2.13. The number of ketones is 1. The predicted octanol–water partition coefficient (Wildman–Crippen LogP) is 3.73. The molecule has 0 heterocycles. The van der Waals surface area contributed by atoms with E-state index in [0.29, 0.717) is 11.3 Å². The molecule has 0 aliphatic rings. The zero-order chi connectivity index (χ0) is 16.5. The first-order chi connectivity index (χ1) is 11.2. The summed E-state index contributed by atoms with van der Waals surface area (Å²) in [5, 5.41) is 1.63. The molecular weight excluding hydrogens is 312 g/mol. The first kappa shape index (κ1) is 16.8. The number of benzene rings is 2. The second-order valence-corrected chi connectivity index (χ2v) is 5.44. The molecule has 0 spiro atoms. The number of Topliss-reactive ketones (excluding diaryl/α,β-unsaturated/α-hetero) is 1. The highest BCUT2D eigenvalue weighted by Crippen LogP contribution is 2.19. The average Bonchev–Trinajstić information content (AvgIpc) is 2.60. The second kappa shape index (κ2) is 8.80. The van der Waals surface area contributed by atoms with Crippen molar-refractivity contribution in [3.63, 3.8) is 0 Å². The number of carbonyl (C=O) groups is 2. The zero-order valence-corrected chi connectivity index (χ0v) is 13.4. The van der Waals surface area contributed by atoms with Gasteiger partial charge in [-0.05, 0) is 29.7 Å². The van der Waals surface area contributed by atoms with Gasteiger partial charge in [0.25, 0.3) is 0 Å². The molecule has 0 unspecified atom stereocenters. The zero-order valence-electron chi connectivity index (χ0n) is 12.6. The fourth-order valence-electron chi connectivity index (χ4n) is 1.80. The molecule has 4 nitrogen and oxygen atoms in total. The van der Waals surface area contributed by atoms with Gasteiger partial charge in [0.05, 0.1) is 12.7 Å². The Morgan fingerprint density at radius 3 is 2.48 bits per heavy atom. The van der Waals surface area contributed by atoms with Crippen LogP contribution in [0.2, 0.25) is 0 Å². The fourth-order valence-corrected chi connectivity index (χ4v) is 2.46. The topological polar surface area (TPSA) is 52.6 Å². The van der Waals surface area contributed by atoms with Gasteiger partial charge in [-0.1, -0.05) is 42.1 Å². The number of hydrogen-bond donors (Lipinski definition) is 0. The Kier molecular flexibility index (Phi) is 6.44. The minimum atomic E-state index is -0.559. The fraction of sp³-hybridized carbons (Fsp3) is 0.111. The van der Waals surface area contributed by atoms with E-state index in [9.17, 15) is 9.59 Å². The van der Waals surface area contributed by atoms with E-state index in [-0.39, 0.29) is 12.4 Å². The van der Waals surface area contributed by atoms with Crippen molar-refractivity contribution < 1.29 is 19.1 Å². The Bertz CT molecular complexity index is 695. The third-order valence-corrected chi connectivity index (χ3v) is 3.72. The molecule has 0 atom stereocenters. The molecule has 0 aromatic heterocycles. The molecular formula is C18H16O4S. The van der Waals surface area contributed by atoms with E-state index in [1.54, 1.807) is 29.7 Å². The van der Waals surface area contributed by atoms with Gasteiger partial charge in [0, 0.05) is 11.0 Å². The van der Waals surface area contributed by atoms with Crippen molar-refractivity contribution in [1.82, 2.24) is 0 Å². The van der Waals surface area contributed by atoms with Crippen LogP contribution in [0, 0.1) is 0 Å². The van der Waals surface area contributed by atoms with E-state index in [0.717, 1.165) is 4.90 Å². The molecule has 2 aromatic rings. The van der Waals surface area contributed by atoms with Crippen molar-refractivity contribution in [3.05, 3.63) is 71.6 Å². The number of ether oxygens (including phenoxy) is 2. The smallest absolute Gasteiger partial charge is 0.331 e. The van der Waals surface area contributed by atoms with Crippen LogP contribution < -0.4 is 4.74 Å². The molecule has 5 heteroatoms. The number of carbonyl (C=O) groups excluding carboxylic acids is 2. The van der Waals surface area contributed by atoms with Crippen LogP contribution in [0.3, 0.4) is 0 Å². The van der Waals surface area contributed by atoms with Gasteiger partial charge < -0.3 is 9.47 Å². The number of methoxy groups -OCH3 is 1. The minimum absolute atomic E-state index is 0.306. The largest absolute Gasteiger partial charge is 0.496 e. The van der Waals surface area contributed by atoms with E-state index >= 15 is 0 Å². The van der Waals surface area contributed by atoms with Crippen LogP contribution in [0.25, 0.3) is 0 Å². The molecule has 0 radical (unpaired) electrons.